The number of carboxylic acid groups (broad SMARTS) is 1. The Labute approximate surface area is 90.9 Å². The highest BCUT2D eigenvalue weighted by Crippen LogP contribution is 2.07. The van der Waals surface area contributed by atoms with Crippen molar-refractivity contribution in [2.24, 2.45) is 0 Å². The molecule has 1 N–H and O–H groups in total. The van der Waals surface area contributed by atoms with E-state index in [1.165, 1.54) is 11.8 Å². The molecule has 1 unspecified atom stereocenters. The second kappa shape index (κ2) is 5.11. The maximum Gasteiger partial charge on any atom is 0.305 e. The van der Waals surface area contributed by atoms with Gasteiger partial charge in [0.2, 0.25) is 5.91 Å². The SMILES string of the molecule is CC(=O)N(C)C(CC(=O)O)C[N+](C)(C)C. The number of quaternary nitrogens is 1. The minimum absolute atomic E-state index is 0.00833. The summed E-state index contributed by atoms with van der Waals surface area (Å²) in [5.41, 5.74) is 0. The lowest BCUT2D eigenvalue weighted by Crippen LogP contribution is -2.49. The number of carbonyl (C=O) groups excluding carboxylic acids is 1. The van der Waals surface area contributed by atoms with Crippen LogP contribution in [0.4, 0.5) is 0 Å². The summed E-state index contributed by atoms with van der Waals surface area (Å²) in [6, 6.07) is -0.250. The fourth-order valence-corrected chi connectivity index (χ4v) is 1.41. The Balaban J connectivity index is 4.58. The van der Waals surface area contributed by atoms with Crippen molar-refractivity contribution in [1.29, 1.82) is 0 Å². The van der Waals surface area contributed by atoms with Crippen molar-refractivity contribution in [3.63, 3.8) is 0 Å². The summed E-state index contributed by atoms with van der Waals surface area (Å²) in [7, 11) is 7.57. The molecule has 88 valence electrons. The third-order valence-corrected chi connectivity index (χ3v) is 2.21. The van der Waals surface area contributed by atoms with Gasteiger partial charge in [-0.2, -0.15) is 0 Å². The topological polar surface area (TPSA) is 57.6 Å². The molecule has 0 rings (SSSR count). The Kier molecular flexibility index (Phi) is 4.74. The lowest BCUT2D eigenvalue weighted by molar-refractivity contribution is -0.872. The predicted molar refractivity (Wildman–Crippen MR) is 57.4 cm³/mol. The van der Waals surface area contributed by atoms with Crippen molar-refractivity contribution in [2.45, 2.75) is 19.4 Å². The van der Waals surface area contributed by atoms with Crippen LogP contribution in [0.5, 0.6) is 0 Å². The molecule has 0 aliphatic rings. The molecule has 15 heavy (non-hydrogen) atoms. The first-order valence-corrected chi connectivity index (χ1v) is 4.89. The Morgan fingerprint density at radius 2 is 1.80 bits per heavy atom. The summed E-state index contributed by atoms with van der Waals surface area (Å²) in [4.78, 5) is 23.4. The predicted octanol–water partition coefficient (Wildman–Crippen LogP) is 0.0142. The number of carboxylic acids is 1. The van der Waals surface area contributed by atoms with Gasteiger partial charge in [0, 0.05) is 14.0 Å². The lowest BCUT2D eigenvalue weighted by atomic mass is 10.1. The summed E-state index contributed by atoms with van der Waals surface area (Å²) in [6.45, 7) is 2.08. The van der Waals surface area contributed by atoms with Crippen molar-refractivity contribution < 1.29 is 19.2 Å². The molecule has 0 bridgehead atoms. The van der Waals surface area contributed by atoms with Gasteiger partial charge < -0.3 is 14.5 Å². The number of hydrogen-bond donors (Lipinski definition) is 1. The average molecular weight is 217 g/mol. The van der Waals surface area contributed by atoms with Gasteiger partial charge in [-0.3, -0.25) is 9.59 Å². The van der Waals surface area contributed by atoms with Crippen molar-refractivity contribution in [1.82, 2.24) is 4.90 Å². The van der Waals surface area contributed by atoms with Crippen LogP contribution in [0.2, 0.25) is 0 Å². The van der Waals surface area contributed by atoms with Crippen LogP contribution in [0.25, 0.3) is 0 Å². The number of nitrogens with zero attached hydrogens (tertiary/aromatic N) is 2. The second-order valence-electron chi connectivity index (χ2n) is 4.85. The van der Waals surface area contributed by atoms with Crippen LogP contribution in [-0.4, -0.2) is 67.1 Å². The van der Waals surface area contributed by atoms with Crippen LogP contribution in [0.1, 0.15) is 13.3 Å². The molecule has 0 aromatic carbocycles. The van der Waals surface area contributed by atoms with E-state index in [9.17, 15) is 9.59 Å². The first-order chi connectivity index (χ1) is 6.63. The number of hydrogen-bond acceptors (Lipinski definition) is 2. The Hall–Kier alpha value is -1.10. The molecule has 0 aliphatic heterocycles. The fourth-order valence-electron chi connectivity index (χ4n) is 1.41. The second-order valence-corrected chi connectivity index (χ2v) is 4.85. The normalized spacial score (nSPS) is 13.4. The summed E-state index contributed by atoms with van der Waals surface area (Å²) >= 11 is 0. The van der Waals surface area contributed by atoms with Gasteiger partial charge in [0.05, 0.1) is 40.2 Å². The Morgan fingerprint density at radius 3 is 2.07 bits per heavy atom. The van der Waals surface area contributed by atoms with Gasteiger partial charge in [-0.05, 0) is 0 Å². The number of aliphatic carboxylic acids is 1. The minimum Gasteiger partial charge on any atom is -0.481 e. The molecule has 0 saturated carbocycles. The molecule has 1 atom stereocenters. The standard InChI is InChI=1S/C10H20N2O3/c1-8(13)11(2)9(6-10(14)15)7-12(3,4)5/h9H,6-7H2,1-5H3/p+1. The zero-order chi connectivity index (χ0) is 12.2. The van der Waals surface area contributed by atoms with Gasteiger partial charge in [0.25, 0.3) is 0 Å². The summed E-state index contributed by atoms with van der Waals surface area (Å²) < 4.78 is 0.634. The van der Waals surface area contributed by atoms with Gasteiger partial charge in [-0.25, -0.2) is 0 Å². The van der Waals surface area contributed by atoms with Gasteiger partial charge in [0.1, 0.15) is 0 Å². The first-order valence-electron chi connectivity index (χ1n) is 4.89. The molecule has 1 amide bonds. The van der Waals surface area contributed by atoms with Crippen LogP contribution in [-0.2, 0) is 9.59 Å². The van der Waals surface area contributed by atoms with E-state index in [1.807, 2.05) is 21.1 Å². The molecular formula is C10H21N2O3+. The summed E-state index contributed by atoms with van der Waals surface area (Å²) in [6.07, 6.45) is -0.00833. The van der Waals surface area contributed by atoms with Gasteiger partial charge in [-0.15, -0.1) is 0 Å². The number of likely N-dealkylation sites (N-methyl/N-ethyl adjacent to an activating group) is 2. The van der Waals surface area contributed by atoms with Gasteiger partial charge >= 0.3 is 5.97 Å². The van der Waals surface area contributed by atoms with Crippen LogP contribution in [0, 0.1) is 0 Å². The Bertz CT molecular complexity index is 246. The van der Waals surface area contributed by atoms with Crippen molar-refractivity contribution >= 4 is 11.9 Å². The highest BCUT2D eigenvalue weighted by molar-refractivity contribution is 5.74. The molecule has 0 saturated heterocycles. The quantitative estimate of drug-likeness (QED) is 0.660. The van der Waals surface area contributed by atoms with Gasteiger partial charge in [0.15, 0.2) is 0 Å². The molecule has 5 heteroatoms. The van der Waals surface area contributed by atoms with E-state index in [1.54, 1.807) is 7.05 Å². The third kappa shape index (κ3) is 6.06. The Morgan fingerprint density at radius 1 is 1.33 bits per heavy atom. The molecule has 0 radical (unpaired) electrons. The molecule has 0 aromatic heterocycles. The maximum absolute atomic E-state index is 11.2. The highest BCUT2D eigenvalue weighted by atomic mass is 16.4. The van der Waals surface area contributed by atoms with Crippen LogP contribution in [0.3, 0.4) is 0 Å². The summed E-state index contributed by atoms with van der Waals surface area (Å²) in [5.74, 6) is -0.976. The van der Waals surface area contributed by atoms with E-state index in [2.05, 4.69) is 0 Å². The molecule has 5 nitrogen and oxygen atoms in total. The van der Waals surface area contributed by atoms with Crippen molar-refractivity contribution in [2.75, 3.05) is 34.7 Å². The average Bonchev–Trinajstić information content (AvgIpc) is 1.97. The summed E-state index contributed by atoms with van der Waals surface area (Å²) in [5, 5.41) is 8.77. The molecule has 0 spiro atoms. The van der Waals surface area contributed by atoms with Crippen molar-refractivity contribution in [3.05, 3.63) is 0 Å². The molecule has 0 aliphatic carbocycles. The zero-order valence-electron chi connectivity index (χ0n) is 10.1. The van der Waals surface area contributed by atoms with Gasteiger partial charge in [-0.1, -0.05) is 0 Å². The van der Waals surface area contributed by atoms with Crippen LogP contribution < -0.4 is 0 Å². The largest absolute Gasteiger partial charge is 0.481 e. The lowest BCUT2D eigenvalue weighted by Gasteiger charge is -2.33. The molecule has 0 aromatic rings. The minimum atomic E-state index is -0.874. The van der Waals surface area contributed by atoms with Crippen LogP contribution in [0.15, 0.2) is 0 Å². The van der Waals surface area contributed by atoms with Crippen LogP contribution >= 0.6 is 0 Å². The zero-order valence-corrected chi connectivity index (χ0v) is 10.1. The molecular weight excluding hydrogens is 196 g/mol. The van der Waals surface area contributed by atoms with Crippen molar-refractivity contribution in [3.8, 4) is 0 Å². The van der Waals surface area contributed by atoms with E-state index in [4.69, 9.17) is 5.11 Å². The smallest absolute Gasteiger partial charge is 0.305 e. The fraction of sp³-hybridized carbons (Fsp3) is 0.800. The van der Waals surface area contributed by atoms with E-state index < -0.39 is 5.97 Å². The third-order valence-electron chi connectivity index (χ3n) is 2.21. The van der Waals surface area contributed by atoms with E-state index in [0.29, 0.717) is 11.0 Å². The van der Waals surface area contributed by atoms with E-state index in [-0.39, 0.29) is 18.4 Å². The van der Waals surface area contributed by atoms with E-state index >= 15 is 0 Å². The number of amides is 1. The molecule has 0 fully saturated rings. The maximum atomic E-state index is 11.2. The number of carbonyl (C=O) groups is 2. The van der Waals surface area contributed by atoms with E-state index in [0.717, 1.165) is 0 Å². The monoisotopic (exact) mass is 217 g/mol. The molecule has 0 heterocycles. The highest BCUT2D eigenvalue weighted by Gasteiger charge is 2.26. The first kappa shape index (κ1) is 13.9. The number of rotatable bonds is 5.